The van der Waals surface area contributed by atoms with Gasteiger partial charge >= 0.3 is 0 Å². The summed E-state index contributed by atoms with van der Waals surface area (Å²) in [5.41, 5.74) is 2.60. The van der Waals surface area contributed by atoms with Crippen LogP contribution < -0.4 is 10.3 Å². The van der Waals surface area contributed by atoms with Crippen LogP contribution in [0.3, 0.4) is 0 Å². The summed E-state index contributed by atoms with van der Waals surface area (Å²) < 4.78 is 5.86. The summed E-state index contributed by atoms with van der Waals surface area (Å²) in [7, 11) is 0. The molecule has 3 aromatic rings. The van der Waals surface area contributed by atoms with Crippen molar-refractivity contribution in [1.29, 1.82) is 0 Å². The van der Waals surface area contributed by atoms with Crippen LogP contribution in [0.25, 0.3) is 22.1 Å². The molecule has 2 N–H and O–H groups in total. The molecule has 0 spiro atoms. The summed E-state index contributed by atoms with van der Waals surface area (Å²) in [5.74, 6) is 0.209. The van der Waals surface area contributed by atoms with Crippen LogP contribution in [0, 0.1) is 0 Å². The van der Waals surface area contributed by atoms with E-state index >= 15 is 0 Å². The molecule has 2 heterocycles. The minimum Gasteiger partial charge on any atom is -0.507 e. The summed E-state index contributed by atoms with van der Waals surface area (Å²) in [6, 6.07) is 12.8. The summed E-state index contributed by atoms with van der Waals surface area (Å²) in [4.78, 5) is 14.4. The first-order valence-electron chi connectivity index (χ1n) is 8.89. The average molecular weight is 336 g/mol. The Hall–Kier alpha value is -2.59. The zero-order valence-corrected chi connectivity index (χ0v) is 14.1. The Morgan fingerprint density at radius 3 is 2.52 bits per heavy atom. The molecule has 128 valence electrons. The van der Waals surface area contributed by atoms with Crippen molar-refractivity contribution in [2.45, 2.75) is 25.8 Å². The molecule has 0 atom stereocenters. The van der Waals surface area contributed by atoms with Gasteiger partial charge < -0.3 is 14.4 Å². The molecule has 1 aliphatic rings. The predicted molar refractivity (Wildman–Crippen MR) is 97.8 cm³/mol. The first-order chi connectivity index (χ1) is 12.2. The predicted octanol–water partition coefficient (Wildman–Crippen LogP) is 2.73. The Labute approximate surface area is 146 Å². The number of likely N-dealkylation sites (tertiary alicyclic amines) is 1. The molecule has 1 aromatic heterocycles. The number of phenols is 1. The number of phenolic OH excluding ortho intramolecular Hbond substituents is 1. The van der Waals surface area contributed by atoms with Crippen molar-refractivity contribution in [2.75, 3.05) is 13.1 Å². The normalized spacial score (nSPS) is 15.5. The van der Waals surface area contributed by atoms with E-state index in [1.807, 2.05) is 30.3 Å². The van der Waals surface area contributed by atoms with E-state index in [1.54, 1.807) is 12.1 Å². The Morgan fingerprint density at radius 2 is 1.76 bits per heavy atom. The van der Waals surface area contributed by atoms with Gasteiger partial charge in [-0.15, -0.1) is 0 Å². The minimum absolute atomic E-state index is 0.0534. The zero-order chi connectivity index (χ0) is 17.2. The number of hydrogen-bond acceptors (Lipinski definition) is 3. The minimum atomic E-state index is -0.0534. The third kappa shape index (κ3) is 3.05. The van der Waals surface area contributed by atoms with Crippen molar-refractivity contribution in [2.24, 2.45) is 0 Å². The molecule has 1 fully saturated rings. The fourth-order valence-electron chi connectivity index (χ4n) is 3.71. The van der Waals surface area contributed by atoms with Crippen LogP contribution in [0.1, 0.15) is 24.8 Å². The molecule has 1 aliphatic heterocycles. The lowest BCUT2D eigenvalue weighted by Gasteiger charge is -2.24. The molecule has 1 saturated heterocycles. The highest BCUT2D eigenvalue weighted by molar-refractivity contribution is 5.85. The number of rotatable bonds is 3. The van der Waals surface area contributed by atoms with Crippen LogP contribution in [0.5, 0.6) is 5.75 Å². The van der Waals surface area contributed by atoms with E-state index in [1.165, 1.54) is 30.4 Å². The number of piperidine rings is 1. The first kappa shape index (κ1) is 15.9. The maximum absolute atomic E-state index is 12.9. The largest absolute Gasteiger partial charge is 0.507 e. The van der Waals surface area contributed by atoms with Crippen LogP contribution in [0.2, 0.25) is 0 Å². The van der Waals surface area contributed by atoms with Crippen LogP contribution in [-0.2, 0) is 6.54 Å². The van der Waals surface area contributed by atoms with Crippen LogP contribution in [-0.4, -0.2) is 18.2 Å². The van der Waals surface area contributed by atoms with E-state index in [0.717, 1.165) is 24.2 Å². The lowest BCUT2D eigenvalue weighted by molar-refractivity contribution is -0.918. The lowest BCUT2D eigenvalue weighted by Crippen LogP contribution is -3.11. The molecular formula is C21H22NO3+. The molecule has 0 unspecified atom stereocenters. The van der Waals surface area contributed by atoms with E-state index < -0.39 is 0 Å². The SMILES string of the molecule is O=c1c(-c2ccccc2)coc2c(C[NH+]3CCCCC3)c(O)ccc12. The lowest BCUT2D eigenvalue weighted by atomic mass is 10.0. The van der Waals surface area contributed by atoms with Crippen LogP contribution in [0.4, 0.5) is 0 Å². The number of nitrogens with one attached hydrogen (secondary N) is 1. The number of aromatic hydroxyl groups is 1. The summed E-state index contributed by atoms with van der Waals surface area (Å²) in [6.45, 7) is 2.89. The fourth-order valence-corrected chi connectivity index (χ4v) is 3.71. The molecule has 0 amide bonds. The summed E-state index contributed by atoms with van der Waals surface area (Å²) in [6.07, 6.45) is 5.22. The van der Waals surface area contributed by atoms with Gasteiger partial charge in [0.2, 0.25) is 5.43 Å². The van der Waals surface area contributed by atoms with Gasteiger partial charge in [0, 0.05) is 0 Å². The second kappa shape index (κ2) is 6.73. The highest BCUT2D eigenvalue weighted by atomic mass is 16.3. The van der Waals surface area contributed by atoms with Gasteiger partial charge in [0.1, 0.15) is 24.1 Å². The molecule has 4 heteroatoms. The summed E-state index contributed by atoms with van der Waals surface area (Å²) in [5, 5.41) is 10.9. The van der Waals surface area contributed by atoms with Gasteiger partial charge in [-0.25, -0.2) is 0 Å². The highest BCUT2D eigenvalue weighted by Crippen LogP contribution is 2.27. The maximum atomic E-state index is 12.9. The van der Waals surface area contributed by atoms with E-state index in [9.17, 15) is 9.90 Å². The Balaban J connectivity index is 1.80. The zero-order valence-electron chi connectivity index (χ0n) is 14.1. The quantitative estimate of drug-likeness (QED) is 0.773. The van der Waals surface area contributed by atoms with E-state index in [0.29, 0.717) is 23.1 Å². The molecule has 4 nitrogen and oxygen atoms in total. The number of fused-ring (bicyclic) bond motifs is 1. The second-order valence-corrected chi connectivity index (χ2v) is 6.77. The van der Waals surface area contributed by atoms with Crippen molar-refractivity contribution in [3.63, 3.8) is 0 Å². The number of hydrogen-bond donors (Lipinski definition) is 2. The van der Waals surface area contributed by atoms with Crippen LogP contribution >= 0.6 is 0 Å². The Morgan fingerprint density at radius 1 is 1.00 bits per heavy atom. The van der Waals surface area contributed by atoms with Gasteiger partial charge in [0.05, 0.1) is 29.6 Å². The Kier molecular flexibility index (Phi) is 4.28. The van der Waals surface area contributed by atoms with Gasteiger partial charge in [-0.3, -0.25) is 4.79 Å². The first-order valence-corrected chi connectivity index (χ1v) is 8.89. The Bertz CT molecular complexity index is 941. The van der Waals surface area contributed by atoms with E-state index in [4.69, 9.17) is 4.42 Å². The number of quaternary nitrogens is 1. The van der Waals surface area contributed by atoms with E-state index in [-0.39, 0.29) is 11.2 Å². The molecule has 2 aromatic carbocycles. The van der Waals surface area contributed by atoms with Gasteiger partial charge in [-0.2, -0.15) is 0 Å². The summed E-state index contributed by atoms with van der Waals surface area (Å²) >= 11 is 0. The molecular weight excluding hydrogens is 314 g/mol. The fraction of sp³-hybridized carbons (Fsp3) is 0.286. The van der Waals surface area contributed by atoms with Crippen molar-refractivity contribution in [1.82, 2.24) is 0 Å². The average Bonchev–Trinajstić information content (AvgIpc) is 2.66. The molecule has 0 saturated carbocycles. The third-order valence-corrected chi connectivity index (χ3v) is 5.09. The van der Waals surface area contributed by atoms with Crippen molar-refractivity contribution < 1.29 is 14.4 Å². The van der Waals surface area contributed by atoms with E-state index in [2.05, 4.69) is 0 Å². The van der Waals surface area contributed by atoms with Gasteiger partial charge in [0.15, 0.2) is 0 Å². The highest BCUT2D eigenvalue weighted by Gasteiger charge is 2.20. The van der Waals surface area contributed by atoms with Crippen molar-refractivity contribution >= 4 is 11.0 Å². The molecule has 0 aliphatic carbocycles. The molecule has 4 rings (SSSR count). The van der Waals surface area contributed by atoms with Gasteiger partial charge in [0.25, 0.3) is 0 Å². The molecule has 0 bridgehead atoms. The van der Waals surface area contributed by atoms with Crippen molar-refractivity contribution in [3.05, 3.63) is 64.5 Å². The van der Waals surface area contributed by atoms with Gasteiger partial charge in [-0.1, -0.05) is 30.3 Å². The number of benzene rings is 2. The molecule has 25 heavy (non-hydrogen) atoms. The molecule has 0 radical (unpaired) electrons. The third-order valence-electron chi connectivity index (χ3n) is 5.09. The monoisotopic (exact) mass is 336 g/mol. The smallest absolute Gasteiger partial charge is 0.200 e. The topological polar surface area (TPSA) is 54.9 Å². The van der Waals surface area contributed by atoms with Gasteiger partial charge in [-0.05, 0) is 37.0 Å². The standard InChI is InChI=1S/C21H21NO3/c23-19-10-9-16-20(24)18(15-7-3-1-4-8-15)14-25-21(16)17(19)13-22-11-5-2-6-12-22/h1,3-4,7-10,14,23H,2,5-6,11-13H2/p+1. The maximum Gasteiger partial charge on any atom is 0.200 e. The second-order valence-electron chi connectivity index (χ2n) is 6.77. The van der Waals surface area contributed by atoms with Crippen molar-refractivity contribution in [3.8, 4) is 16.9 Å². The van der Waals surface area contributed by atoms with Crippen LogP contribution in [0.15, 0.2) is 57.9 Å².